The third kappa shape index (κ3) is 9.06. The van der Waals surface area contributed by atoms with Crippen LogP contribution in [0, 0.1) is 23.9 Å². The van der Waals surface area contributed by atoms with Crippen molar-refractivity contribution in [3.8, 4) is 33.6 Å². The fourth-order valence-corrected chi connectivity index (χ4v) is 11.3. The summed E-state index contributed by atoms with van der Waals surface area (Å²) in [7, 11) is 0. The summed E-state index contributed by atoms with van der Waals surface area (Å²) < 4.78 is 22.1. The van der Waals surface area contributed by atoms with Crippen molar-refractivity contribution in [2.24, 2.45) is 5.92 Å². The minimum absolute atomic E-state index is 0. The summed E-state index contributed by atoms with van der Waals surface area (Å²) in [5.74, 6) is 8.00. The number of pyridine rings is 2. The molecule has 4 aromatic carbocycles. The van der Waals surface area contributed by atoms with E-state index in [0.717, 1.165) is 63.2 Å². The first-order valence-corrected chi connectivity index (χ1v) is 27.0. The SMILES string of the molecule is CCC(C)(CC)c1ccnc(-c2[c-]c3oc4cc(F)cc(-c5ccccc5)c4c3cc2)c1.[CH3][Ge]([CH3])([CH3])[c]1cnc(-c2[c-]cccc2)cc1CC1CCCC1.[Ir]. The molecule has 8 rings (SSSR count). The van der Waals surface area contributed by atoms with Gasteiger partial charge in [0.05, 0.1) is 5.58 Å². The molecule has 6 heteroatoms. The number of hydrogen-bond donors (Lipinski definition) is 0. The summed E-state index contributed by atoms with van der Waals surface area (Å²) in [4.78, 5) is 9.37. The topological polar surface area (TPSA) is 38.9 Å². The van der Waals surface area contributed by atoms with Crippen molar-refractivity contribution in [1.82, 2.24) is 9.97 Å². The maximum Gasteiger partial charge on any atom is 0 e. The molecule has 3 heterocycles. The van der Waals surface area contributed by atoms with Gasteiger partial charge in [-0.15, -0.1) is 17.7 Å². The molecule has 0 N–H and O–H groups in total. The number of hydrogen-bond acceptors (Lipinski definition) is 3. The Bertz CT molecular complexity index is 2360. The van der Waals surface area contributed by atoms with Crippen LogP contribution >= 0.6 is 0 Å². The standard InChI is InChI=1S/C29H25FNO.C20H26GeN.Ir/c1-4-29(3,5-2)21-13-14-31-25(16-21)20-11-12-23-26(15-20)32-27-18-22(30)17-24(28(23)27)19-9-7-6-8-10-19;1-21(2,3)19-15-22-20(17-11-5-4-6-12-17)14-18(19)13-16-9-7-8-10-16;/h6-14,16-18H,4-5H2,1-3H3;4-6,11,14-16H,7-10,13H2,1-3H3;/q2*-1;. The minimum Gasteiger partial charge on any atom is 0 e. The second-order valence-corrected chi connectivity index (χ2v) is 26.8. The van der Waals surface area contributed by atoms with Crippen molar-refractivity contribution in [1.29, 1.82) is 0 Å². The maximum atomic E-state index is 14.4. The Morgan fingerprint density at radius 2 is 1.56 bits per heavy atom. The van der Waals surface area contributed by atoms with Gasteiger partial charge in [-0.05, 0) is 58.2 Å². The van der Waals surface area contributed by atoms with E-state index in [1.165, 1.54) is 43.7 Å². The van der Waals surface area contributed by atoms with E-state index in [1.807, 2.05) is 60.8 Å². The monoisotopic (exact) mass is 969 g/mol. The summed E-state index contributed by atoms with van der Waals surface area (Å²) in [5.41, 5.74) is 9.82. The van der Waals surface area contributed by atoms with Crippen LogP contribution in [0.2, 0.25) is 17.3 Å². The molecule has 0 bridgehead atoms. The van der Waals surface area contributed by atoms with Crippen LogP contribution in [0.25, 0.3) is 55.6 Å². The van der Waals surface area contributed by atoms with E-state index in [1.54, 1.807) is 16.0 Å². The van der Waals surface area contributed by atoms with Crippen LogP contribution in [-0.2, 0) is 31.9 Å². The first-order chi connectivity index (χ1) is 26.1. The van der Waals surface area contributed by atoms with E-state index < -0.39 is 13.3 Å². The van der Waals surface area contributed by atoms with Crippen LogP contribution in [0.15, 0.2) is 114 Å². The van der Waals surface area contributed by atoms with Crippen molar-refractivity contribution in [2.75, 3.05) is 0 Å². The van der Waals surface area contributed by atoms with Crippen LogP contribution in [0.4, 0.5) is 4.39 Å². The van der Waals surface area contributed by atoms with Crippen LogP contribution in [0.5, 0.6) is 0 Å². The van der Waals surface area contributed by atoms with Gasteiger partial charge >= 0.3 is 137 Å². The Morgan fingerprint density at radius 1 is 0.836 bits per heavy atom. The molecule has 0 spiro atoms. The number of halogens is 1. The number of furan rings is 1. The number of nitrogens with zero attached hydrogens (tertiary/aromatic N) is 2. The van der Waals surface area contributed by atoms with Gasteiger partial charge in [0.15, 0.2) is 0 Å². The predicted molar refractivity (Wildman–Crippen MR) is 226 cm³/mol. The zero-order valence-corrected chi connectivity index (χ0v) is 37.4. The molecule has 7 aromatic rings. The van der Waals surface area contributed by atoms with E-state index in [4.69, 9.17) is 9.40 Å². The number of rotatable bonds is 9. The first-order valence-electron chi connectivity index (χ1n) is 19.6. The molecule has 3 aromatic heterocycles. The zero-order valence-electron chi connectivity index (χ0n) is 32.9. The first kappa shape index (κ1) is 40.8. The van der Waals surface area contributed by atoms with Gasteiger partial charge in [-0.25, -0.2) is 4.39 Å². The van der Waals surface area contributed by atoms with Gasteiger partial charge in [-0.3, -0.25) is 0 Å². The Kier molecular flexibility index (Phi) is 13.0. The summed E-state index contributed by atoms with van der Waals surface area (Å²) in [6, 6.07) is 38.4. The molecule has 3 nitrogen and oxygen atoms in total. The molecule has 0 amide bonds. The van der Waals surface area contributed by atoms with Crippen LogP contribution in [0.3, 0.4) is 0 Å². The van der Waals surface area contributed by atoms with E-state index >= 15 is 0 Å². The van der Waals surface area contributed by atoms with E-state index in [0.29, 0.717) is 11.2 Å². The van der Waals surface area contributed by atoms with Crippen molar-refractivity contribution in [3.63, 3.8) is 0 Å². The van der Waals surface area contributed by atoms with E-state index in [9.17, 15) is 4.39 Å². The van der Waals surface area contributed by atoms with Crippen molar-refractivity contribution in [2.45, 2.75) is 88.4 Å². The third-order valence-corrected chi connectivity index (χ3v) is 15.9. The van der Waals surface area contributed by atoms with Gasteiger partial charge in [-0.2, -0.15) is 0 Å². The van der Waals surface area contributed by atoms with E-state index in [2.05, 4.69) is 91.7 Å². The van der Waals surface area contributed by atoms with Crippen molar-refractivity contribution >= 4 is 39.6 Å². The van der Waals surface area contributed by atoms with Gasteiger partial charge in [0.1, 0.15) is 11.4 Å². The van der Waals surface area contributed by atoms with Gasteiger partial charge in [-0.1, -0.05) is 68.6 Å². The Hall–Kier alpha value is -3.90. The molecular weight excluding hydrogens is 916 g/mol. The minimum atomic E-state index is -1.87. The molecule has 0 saturated heterocycles. The number of aromatic nitrogens is 2. The van der Waals surface area contributed by atoms with Gasteiger partial charge in [0.25, 0.3) is 0 Å². The Morgan fingerprint density at radius 3 is 2.25 bits per heavy atom. The summed E-state index contributed by atoms with van der Waals surface area (Å²) >= 11 is -1.87. The van der Waals surface area contributed by atoms with Gasteiger partial charge in [0.2, 0.25) is 0 Å². The van der Waals surface area contributed by atoms with Gasteiger partial charge in [0, 0.05) is 32.4 Å². The predicted octanol–water partition coefficient (Wildman–Crippen LogP) is 13.2. The smallest absolute Gasteiger partial charge is 0 e. The molecule has 0 atom stereocenters. The fraction of sp³-hybridized carbons (Fsp3) is 0.306. The zero-order chi connectivity index (χ0) is 37.9. The molecule has 1 radical (unpaired) electrons. The van der Waals surface area contributed by atoms with E-state index in [-0.39, 0.29) is 31.3 Å². The Balaban J connectivity index is 0.000000196. The summed E-state index contributed by atoms with van der Waals surface area (Å²) in [6.07, 6.45) is 13.1. The quantitative estimate of drug-likeness (QED) is 0.107. The van der Waals surface area contributed by atoms with Crippen LogP contribution in [0.1, 0.15) is 70.4 Å². The maximum absolute atomic E-state index is 14.4. The molecule has 1 aliphatic rings. The summed E-state index contributed by atoms with van der Waals surface area (Å²) in [5, 5.41) is 1.83. The normalized spacial score (nSPS) is 13.4. The van der Waals surface area contributed by atoms with Crippen LogP contribution < -0.4 is 4.40 Å². The fourth-order valence-electron chi connectivity index (χ4n) is 7.97. The number of fused-ring (bicyclic) bond motifs is 3. The van der Waals surface area contributed by atoms with Crippen molar-refractivity contribution < 1.29 is 28.9 Å². The molecule has 0 aliphatic heterocycles. The summed E-state index contributed by atoms with van der Waals surface area (Å²) in [6.45, 7) is 6.73. The third-order valence-electron chi connectivity index (χ3n) is 11.6. The number of benzene rings is 4. The van der Waals surface area contributed by atoms with Crippen LogP contribution in [-0.4, -0.2) is 23.2 Å². The average Bonchev–Trinajstić information content (AvgIpc) is 3.85. The molecule has 285 valence electrons. The largest absolute Gasteiger partial charge is 0 e. The molecular formula is C49H51FGeIrN2O-2. The molecule has 0 unspecified atom stereocenters. The average molecular weight is 968 g/mol. The van der Waals surface area contributed by atoms with Crippen molar-refractivity contribution in [3.05, 3.63) is 139 Å². The Labute approximate surface area is 342 Å². The van der Waals surface area contributed by atoms with Gasteiger partial charge < -0.3 is 9.40 Å². The molecule has 1 saturated carbocycles. The molecule has 55 heavy (non-hydrogen) atoms. The molecule has 1 fully saturated rings. The second-order valence-electron chi connectivity index (χ2n) is 16.2. The second kappa shape index (κ2) is 17.5. The molecule has 1 aliphatic carbocycles.